The van der Waals surface area contributed by atoms with Gasteiger partial charge in [0, 0.05) is 6.20 Å². The van der Waals surface area contributed by atoms with Crippen molar-refractivity contribution in [2.75, 3.05) is 0 Å². The molecule has 1 aromatic rings. The van der Waals surface area contributed by atoms with Crippen molar-refractivity contribution in [3.05, 3.63) is 30.1 Å². The van der Waals surface area contributed by atoms with E-state index in [0.717, 1.165) is 0 Å². The minimum Gasteiger partial charge on any atom is -0.369 e. The van der Waals surface area contributed by atoms with Crippen LogP contribution in [0.25, 0.3) is 0 Å². The van der Waals surface area contributed by atoms with Gasteiger partial charge in [-0.2, -0.15) is 10.5 Å². The van der Waals surface area contributed by atoms with Gasteiger partial charge in [0.1, 0.15) is 6.07 Å². The second-order valence-corrected chi connectivity index (χ2v) is 2.52. The molecule has 64 valence electrons. The molecule has 0 aliphatic heterocycles. The third-order valence-corrected chi connectivity index (χ3v) is 1.61. The molecule has 1 aromatic heterocycles. The van der Waals surface area contributed by atoms with Gasteiger partial charge in [-0.1, -0.05) is 6.07 Å². The highest BCUT2D eigenvalue weighted by Crippen LogP contribution is 2.20. The van der Waals surface area contributed by atoms with E-state index in [1.165, 1.54) is 12.3 Å². The van der Waals surface area contributed by atoms with Gasteiger partial charge in [0.15, 0.2) is 0 Å². The summed E-state index contributed by atoms with van der Waals surface area (Å²) in [5, 5.41) is 26.7. The smallest absolute Gasteiger partial charge is 0.206 e. The molecule has 0 aromatic carbocycles. The maximum atomic E-state index is 9.65. The zero-order chi connectivity index (χ0) is 9.73. The number of nitriles is 2. The van der Waals surface area contributed by atoms with Crippen molar-refractivity contribution < 1.29 is 5.11 Å². The quantitative estimate of drug-likeness (QED) is 0.667. The summed E-state index contributed by atoms with van der Waals surface area (Å²) in [6.45, 7) is 0. The molecule has 1 unspecified atom stereocenters. The first-order valence-electron chi connectivity index (χ1n) is 3.65. The predicted molar refractivity (Wildman–Crippen MR) is 44.0 cm³/mol. The van der Waals surface area contributed by atoms with Gasteiger partial charge in [-0.25, -0.2) is 0 Å². The highest BCUT2D eigenvalue weighted by molar-refractivity contribution is 5.22. The molecule has 0 saturated heterocycles. The van der Waals surface area contributed by atoms with Crippen LogP contribution in [0.1, 0.15) is 12.1 Å². The molecule has 0 aliphatic rings. The van der Waals surface area contributed by atoms with Gasteiger partial charge in [-0.05, 0) is 12.1 Å². The molecular weight excluding hydrogens is 166 g/mol. The minimum atomic E-state index is -1.78. The highest BCUT2D eigenvalue weighted by Gasteiger charge is 2.30. The van der Waals surface area contributed by atoms with E-state index in [2.05, 4.69) is 4.98 Å². The lowest BCUT2D eigenvalue weighted by atomic mass is 9.98. The van der Waals surface area contributed by atoms with Gasteiger partial charge in [-0.3, -0.25) is 4.98 Å². The van der Waals surface area contributed by atoms with Crippen LogP contribution in [-0.2, 0) is 5.60 Å². The molecule has 4 heteroatoms. The molecule has 0 saturated carbocycles. The molecule has 0 bridgehead atoms. The van der Waals surface area contributed by atoms with E-state index in [9.17, 15) is 5.11 Å². The van der Waals surface area contributed by atoms with E-state index in [-0.39, 0.29) is 12.1 Å². The molecule has 4 nitrogen and oxygen atoms in total. The third kappa shape index (κ3) is 1.81. The summed E-state index contributed by atoms with van der Waals surface area (Å²) in [6.07, 6.45) is 1.19. The Morgan fingerprint density at radius 3 is 2.69 bits per heavy atom. The van der Waals surface area contributed by atoms with Crippen molar-refractivity contribution in [1.29, 1.82) is 10.5 Å². The number of hydrogen-bond acceptors (Lipinski definition) is 4. The Bertz CT molecular complexity index is 363. The fourth-order valence-electron chi connectivity index (χ4n) is 0.909. The summed E-state index contributed by atoms with van der Waals surface area (Å²) in [7, 11) is 0. The van der Waals surface area contributed by atoms with Crippen LogP contribution in [0, 0.1) is 22.7 Å². The van der Waals surface area contributed by atoms with Crippen LogP contribution >= 0.6 is 0 Å². The summed E-state index contributed by atoms with van der Waals surface area (Å²) >= 11 is 0. The van der Waals surface area contributed by atoms with E-state index < -0.39 is 5.60 Å². The first kappa shape index (κ1) is 9.18. The van der Waals surface area contributed by atoms with Gasteiger partial charge in [0.05, 0.1) is 18.2 Å². The Morgan fingerprint density at radius 1 is 1.46 bits per heavy atom. The Hall–Kier alpha value is -1.91. The second-order valence-electron chi connectivity index (χ2n) is 2.52. The van der Waals surface area contributed by atoms with Crippen LogP contribution in [0.4, 0.5) is 0 Å². The van der Waals surface area contributed by atoms with Gasteiger partial charge in [0.2, 0.25) is 5.60 Å². The van der Waals surface area contributed by atoms with Crippen LogP contribution in [-0.4, -0.2) is 10.1 Å². The molecule has 0 radical (unpaired) electrons. The number of nitrogens with zero attached hydrogens (tertiary/aromatic N) is 3. The van der Waals surface area contributed by atoms with Crippen molar-refractivity contribution in [2.45, 2.75) is 12.0 Å². The molecule has 0 aliphatic carbocycles. The van der Waals surface area contributed by atoms with Crippen LogP contribution in [0.3, 0.4) is 0 Å². The molecule has 0 fully saturated rings. The predicted octanol–water partition coefficient (Wildman–Crippen LogP) is 0.706. The fraction of sp³-hybridized carbons (Fsp3) is 0.222. The Balaban J connectivity index is 3.07. The van der Waals surface area contributed by atoms with Crippen LogP contribution in [0.2, 0.25) is 0 Å². The zero-order valence-corrected chi connectivity index (χ0v) is 6.81. The van der Waals surface area contributed by atoms with Gasteiger partial charge < -0.3 is 5.11 Å². The number of aromatic nitrogens is 1. The largest absolute Gasteiger partial charge is 0.369 e. The van der Waals surface area contributed by atoms with Crippen molar-refractivity contribution in [3.63, 3.8) is 0 Å². The zero-order valence-electron chi connectivity index (χ0n) is 6.81. The molecule has 1 heterocycles. The normalized spacial score (nSPS) is 13.8. The third-order valence-electron chi connectivity index (χ3n) is 1.61. The van der Waals surface area contributed by atoms with Crippen molar-refractivity contribution in [1.82, 2.24) is 4.98 Å². The lowest BCUT2D eigenvalue weighted by Crippen LogP contribution is -2.23. The van der Waals surface area contributed by atoms with E-state index in [1.807, 2.05) is 0 Å². The van der Waals surface area contributed by atoms with Crippen LogP contribution in [0.5, 0.6) is 0 Å². The lowest BCUT2D eigenvalue weighted by molar-refractivity contribution is 0.0984. The average Bonchev–Trinajstić information content (AvgIpc) is 2.19. The number of rotatable bonds is 2. The summed E-state index contributed by atoms with van der Waals surface area (Å²) in [4.78, 5) is 3.82. The summed E-state index contributed by atoms with van der Waals surface area (Å²) in [5.41, 5.74) is -1.57. The Labute approximate surface area is 75.7 Å². The maximum Gasteiger partial charge on any atom is 0.206 e. The van der Waals surface area contributed by atoms with E-state index in [4.69, 9.17) is 10.5 Å². The molecule has 0 amide bonds. The number of aliphatic hydroxyl groups is 1. The summed E-state index contributed by atoms with van der Waals surface area (Å²) in [6, 6.07) is 8.25. The van der Waals surface area contributed by atoms with Crippen molar-refractivity contribution >= 4 is 0 Å². The SMILES string of the molecule is N#CCC(O)(C#N)c1ccccn1. The van der Waals surface area contributed by atoms with Gasteiger partial charge in [0.25, 0.3) is 0 Å². The molecule has 1 N–H and O–H groups in total. The standard InChI is InChI=1S/C9H7N3O/c10-5-4-9(13,7-11)8-3-1-2-6-12-8/h1-3,6,13H,4H2. The monoisotopic (exact) mass is 173 g/mol. The first-order valence-corrected chi connectivity index (χ1v) is 3.65. The topological polar surface area (TPSA) is 80.7 Å². The van der Waals surface area contributed by atoms with Crippen LogP contribution in [0.15, 0.2) is 24.4 Å². The molecule has 1 atom stereocenters. The maximum absolute atomic E-state index is 9.65. The first-order chi connectivity index (χ1) is 6.23. The highest BCUT2D eigenvalue weighted by atomic mass is 16.3. The molecular formula is C9H7N3O. The summed E-state index contributed by atoms with van der Waals surface area (Å²) in [5.74, 6) is 0. The van der Waals surface area contributed by atoms with Crippen molar-refractivity contribution in [2.24, 2.45) is 0 Å². The molecule has 13 heavy (non-hydrogen) atoms. The van der Waals surface area contributed by atoms with Gasteiger partial charge in [-0.15, -0.1) is 0 Å². The molecule has 1 rings (SSSR count). The number of pyridine rings is 1. The lowest BCUT2D eigenvalue weighted by Gasteiger charge is -2.14. The molecule has 0 spiro atoms. The number of hydrogen-bond donors (Lipinski definition) is 1. The minimum absolute atomic E-state index is 0.207. The fourth-order valence-corrected chi connectivity index (χ4v) is 0.909. The average molecular weight is 173 g/mol. The van der Waals surface area contributed by atoms with Gasteiger partial charge >= 0.3 is 0 Å². The van der Waals surface area contributed by atoms with Crippen LogP contribution < -0.4 is 0 Å². The second kappa shape index (κ2) is 3.66. The van der Waals surface area contributed by atoms with E-state index in [1.54, 1.807) is 24.3 Å². The van der Waals surface area contributed by atoms with Crippen molar-refractivity contribution in [3.8, 4) is 12.1 Å². The Morgan fingerprint density at radius 2 is 2.23 bits per heavy atom. The van der Waals surface area contributed by atoms with E-state index in [0.29, 0.717) is 0 Å². The Kier molecular flexibility index (Phi) is 2.59. The summed E-state index contributed by atoms with van der Waals surface area (Å²) < 4.78 is 0. The van der Waals surface area contributed by atoms with E-state index >= 15 is 0 Å².